The van der Waals surface area contributed by atoms with E-state index in [1.165, 1.54) is 12.8 Å². The second-order valence-corrected chi connectivity index (χ2v) is 5.78. The minimum Gasteiger partial charge on any atom is -0.394 e. The highest BCUT2D eigenvalue weighted by Gasteiger charge is 2.44. The van der Waals surface area contributed by atoms with Crippen LogP contribution in [0.1, 0.15) is 47.0 Å². The molecule has 102 valence electrons. The van der Waals surface area contributed by atoms with E-state index in [2.05, 4.69) is 33.0 Å². The van der Waals surface area contributed by atoms with Gasteiger partial charge in [0.25, 0.3) is 0 Å². The van der Waals surface area contributed by atoms with Crippen molar-refractivity contribution in [1.82, 2.24) is 5.32 Å². The first-order valence-electron chi connectivity index (χ1n) is 7.03. The van der Waals surface area contributed by atoms with E-state index >= 15 is 0 Å². The third-order valence-electron chi connectivity index (χ3n) is 3.91. The van der Waals surface area contributed by atoms with Gasteiger partial charge in [-0.3, -0.25) is 0 Å². The minimum absolute atomic E-state index is 0.183. The zero-order valence-electron chi connectivity index (χ0n) is 11.8. The van der Waals surface area contributed by atoms with Crippen LogP contribution in [-0.4, -0.2) is 36.5 Å². The number of hydrogen-bond donors (Lipinski definition) is 2. The van der Waals surface area contributed by atoms with Crippen LogP contribution >= 0.6 is 0 Å². The Kier molecular flexibility index (Phi) is 5.90. The van der Waals surface area contributed by atoms with E-state index < -0.39 is 0 Å². The largest absolute Gasteiger partial charge is 0.394 e. The fourth-order valence-corrected chi connectivity index (χ4v) is 2.03. The molecule has 3 heteroatoms. The average Bonchev–Trinajstić information content (AvgIpc) is 3.14. The molecule has 1 saturated carbocycles. The summed E-state index contributed by atoms with van der Waals surface area (Å²) in [7, 11) is 0. The van der Waals surface area contributed by atoms with Gasteiger partial charge in [-0.25, -0.2) is 0 Å². The molecule has 0 aromatic rings. The van der Waals surface area contributed by atoms with E-state index in [9.17, 15) is 5.11 Å². The Balaban J connectivity index is 2.50. The summed E-state index contributed by atoms with van der Waals surface area (Å²) in [6.07, 6.45) is 3.78. The molecule has 0 heterocycles. The lowest BCUT2D eigenvalue weighted by Gasteiger charge is -2.35. The molecule has 0 spiro atoms. The van der Waals surface area contributed by atoms with Gasteiger partial charge in [-0.1, -0.05) is 20.8 Å². The van der Waals surface area contributed by atoms with Gasteiger partial charge in [-0.2, -0.15) is 0 Å². The third-order valence-corrected chi connectivity index (χ3v) is 3.91. The average molecular weight is 243 g/mol. The van der Waals surface area contributed by atoms with Crippen LogP contribution in [0.3, 0.4) is 0 Å². The Morgan fingerprint density at radius 2 is 2.00 bits per heavy atom. The van der Waals surface area contributed by atoms with E-state index in [0.29, 0.717) is 18.4 Å². The molecule has 1 rings (SSSR count). The SMILES string of the molecule is CCCNC(CO)(COC(C)C(C)C)C1CC1. The highest BCUT2D eigenvalue weighted by Crippen LogP contribution is 2.40. The van der Waals surface area contributed by atoms with Gasteiger partial charge in [0.2, 0.25) is 0 Å². The van der Waals surface area contributed by atoms with Gasteiger partial charge in [-0.15, -0.1) is 0 Å². The van der Waals surface area contributed by atoms with E-state index in [1.54, 1.807) is 0 Å². The lowest BCUT2D eigenvalue weighted by atomic mass is 9.94. The quantitative estimate of drug-likeness (QED) is 0.652. The molecule has 1 aliphatic carbocycles. The highest BCUT2D eigenvalue weighted by atomic mass is 16.5. The van der Waals surface area contributed by atoms with Gasteiger partial charge in [0.05, 0.1) is 24.9 Å². The summed E-state index contributed by atoms with van der Waals surface area (Å²) in [5, 5.41) is 13.2. The molecule has 17 heavy (non-hydrogen) atoms. The first-order valence-corrected chi connectivity index (χ1v) is 7.03. The van der Waals surface area contributed by atoms with Crippen LogP contribution in [0.5, 0.6) is 0 Å². The number of aliphatic hydroxyl groups is 1. The summed E-state index contributed by atoms with van der Waals surface area (Å²) in [5.41, 5.74) is -0.195. The number of rotatable bonds is 9. The molecule has 0 amide bonds. The van der Waals surface area contributed by atoms with E-state index in [-0.39, 0.29) is 18.2 Å². The fraction of sp³-hybridized carbons (Fsp3) is 1.00. The zero-order chi connectivity index (χ0) is 12.9. The first-order chi connectivity index (χ1) is 8.05. The molecule has 2 atom stereocenters. The van der Waals surface area contributed by atoms with Crippen molar-refractivity contribution in [2.24, 2.45) is 11.8 Å². The summed E-state index contributed by atoms with van der Waals surface area (Å²) < 4.78 is 5.94. The summed E-state index contributed by atoms with van der Waals surface area (Å²) in [6.45, 7) is 10.4. The first kappa shape index (κ1) is 14.9. The molecule has 2 N–H and O–H groups in total. The van der Waals surface area contributed by atoms with E-state index in [4.69, 9.17) is 4.74 Å². The maximum absolute atomic E-state index is 9.72. The summed E-state index contributed by atoms with van der Waals surface area (Å²) in [4.78, 5) is 0. The lowest BCUT2D eigenvalue weighted by molar-refractivity contribution is -0.0278. The van der Waals surface area contributed by atoms with Crippen molar-refractivity contribution in [1.29, 1.82) is 0 Å². The van der Waals surface area contributed by atoms with Crippen molar-refractivity contribution in [2.45, 2.75) is 58.6 Å². The fourth-order valence-electron chi connectivity index (χ4n) is 2.03. The molecule has 1 fully saturated rings. The molecular formula is C14H29NO2. The van der Waals surface area contributed by atoms with Crippen LogP contribution in [0.2, 0.25) is 0 Å². The number of ether oxygens (including phenoxy) is 1. The molecule has 0 aromatic heterocycles. The van der Waals surface area contributed by atoms with Gasteiger partial charge >= 0.3 is 0 Å². The number of hydrogen-bond acceptors (Lipinski definition) is 3. The second-order valence-electron chi connectivity index (χ2n) is 5.78. The monoisotopic (exact) mass is 243 g/mol. The van der Waals surface area contributed by atoms with Gasteiger partial charge in [0.1, 0.15) is 0 Å². The van der Waals surface area contributed by atoms with E-state index in [0.717, 1.165) is 13.0 Å². The molecule has 0 aromatic carbocycles. The van der Waals surface area contributed by atoms with Crippen molar-refractivity contribution in [3.63, 3.8) is 0 Å². The second kappa shape index (κ2) is 6.72. The summed E-state index contributed by atoms with van der Waals surface area (Å²) >= 11 is 0. The maximum Gasteiger partial charge on any atom is 0.0679 e. The number of aliphatic hydroxyl groups excluding tert-OH is 1. The standard InChI is InChI=1S/C14H29NO2/c1-5-8-15-14(9-16,13-6-7-13)10-17-12(4)11(2)3/h11-13,15-16H,5-10H2,1-4H3. The Bertz CT molecular complexity index is 216. The van der Waals surface area contributed by atoms with E-state index in [1.807, 2.05) is 0 Å². The van der Waals surface area contributed by atoms with Crippen LogP contribution in [0.15, 0.2) is 0 Å². The Hall–Kier alpha value is -0.120. The Morgan fingerprint density at radius 1 is 1.35 bits per heavy atom. The van der Waals surface area contributed by atoms with Crippen molar-refractivity contribution >= 4 is 0 Å². The third kappa shape index (κ3) is 4.23. The summed E-state index contributed by atoms with van der Waals surface area (Å²) in [5.74, 6) is 1.12. The highest BCUT2D eigenvalue weighted by molar-refractivity contribution is 5.01. The molecule has 0 saturated heterocycles. The molecule has 2 unspecified atom stereocenters. The molecule has 3 nitrogen and oxygen atoms in total. The predicted molar refractivity (Wildman–Crippen MR) is 71.1 cm³/mol. The van der Waals surface area contributed by atoms with Crippen LogP contribution in [0, 0.1) is 11.8 Å². The smallest absolute Gasteiger partial charge is 0.0679 e. The topological polar surface area (TPSA) is 41.5 Å². The zero-order valence-corrected chi connectivity index (χ0v) is 11.8. The normalized spacial score (nSPS) is 21.5. The lowest BCUT2D eigenvalue weighted by Crippen LogP contribution is -2.55. The molecular weight excluding hydrogens is 214 g/mol. The van der Waals surface area contributed by atoms with Crippen molar-refractivity contribution in [3.05, 3.63) is 0 Å². The van der Waals surface area contributed by atoms with Gasteiger partial charge in [0, 0.05) is 0 Å². The molecule has 0 aliphatic heterocycles. The summed E-state index contributed by atoms with van der Waals surface area (Å²) in [6, 6.07) is 0. The maximum atomic E-state index is 9.72. The van der Waals surface area contributed by atoms with Crippen LogP contribution in [-0.2, 0) is 4.74 Å². The van der Waals surface area contributed by atoms with Crippen LogP contribution in [0.25, 0.3) is 0 Å². The van der Waals surface area contributed by atoms with Gasteiger partial charge in [0.15, 0.2) is 0 Å². The number of nitrogens with one attached hydrogen (secondary N) is 1. The van der Waals surface area contributed by atoms with Crippen molar-refractivity contribution < 1.29 is 9.84 Å². The van der Waals surface area contributed by atoms with Crippen molar-refractivity contribution in [2.75, 3.05) is 19.8 Å². The van der Waals surface area contributed by atoms with Gasteiger partial charge < -0.3 is 15.2 Å². The molecule has 1 aliphatic rings. The minimum atomic E-state index is -0.195. The molecule has 0 radical (unpaired) electrons. The Morgan fingerprint density at radius 3 is 2.41 bits per heavy atom. The van der Waals surface area contributed by atoms with Crippen LogP contribution in [0.4, 0.5) is 0 Å². The predicted octanol–water partition coefficient (Wildman–Crippen LogP) is 2.19. The van der Waals surface area contributed by atoms with Gasteiger partial charge in [-0.05, 0) is 44.6 Å². The Labute approximate surface area is 106 Å². The van der Waals surface area contributed by atoms with Crippen molar-refractivity contribution in [3.8, 4) is 0 Å². The molecule has 0 bridgehead atoms. The van der Waals surface area contributed by atoms with Crippen LogP contribution < -0.4 is 5.32 Å².